The Hall–Kier alpha value is -1.63. The van der Waals surface area contributed by atoms with Crippen LogP contribution in [0.15, 0.2) is 0 Å². The van der Waals surface area contributed by atoms with Crippen LogP contribution in [0.1, 0.15) is 79.1 Å². The van der Waals surface area contributed by atoms with Crippen LogP contribution in [0, 0.1) is 40.4 Å². The van der Waals surface area contributed by atoms with E-state index < -0.39 is 24.1 Å². The second-order valence-corrected chi connectivity index (χ2v) is 11.6. The second kappa shape index (κ2) is 8.86. The zero-order valence-electron chi connectivity index (χ0n) is 20.7. The number of carbonyl (C=O) groups is 3. The molecule has 4 aliphatic rings. The van der Waals surface area contributed by atoms with Crippen LogP contribution < -0.4 is 0 Å². The fourth-order valence-corrected chi connectivity index (χ4v) is 8.81. The van der Waals surface area contributed by atoms with E-state index in [0.29, 0.717) is 24.2 Å². The molecule has 7 heteroatoms. The molecule has 4 aliphatic carbocycles. The molecular weight excluding hydrogens is 424 g/mol. The summed E-state index contributed by atoms with van der Waals surface area (Å²) in [4.78, 5) is 35.8. The molecule has 0 saturated heterocycles. The third-order valence-electron chi connectivity index (χ3n) is 10.0. The zero-order valence-corrected chi connectivity index (χ0v) is 20.7. The topological polar surface area (TPSA) is 99.1 Å². The van der Waals surface area contributed by atoms with Crippen molar-refractivity contribution in [3.05, 3.63) is 0 Å². The minimum Gasteiger partial charge on any atom is -0.466 e. The van der Waals surface area contributed by atoms with Gasteiger partial charge >= 0.3 is 17.9 Å². The number of hydrogen-bond acceptors (Lipinski definition) is 7. The minimum atomic E-state index is -0.919. The van der Waals surface area contributed by atoms with Gasteiger partial charge in [0, 0.05) is 19.8 Å². The van der Waals surface area contributed by atoms with Gasteiger partial charge < -0.3 is 19.3 Å². The van der Waals surface area contributed by atoms with Gasteiger partial charge in [-0.1, -0.05) is 13.8 Å². The number of aliphatic hydroxyl groups is 1. The summed E-state index contributed by atoms with van der Waals surface area (Å²) in [7, 11) is 1.33. The Labute approximate surface area is 196 Å². The number of fused-ring (bicyclic) bond motifs is 5. The Morgan fingerprint density at radius 2 is 1.70 bits per heavy atom. The van der Waals surface area contributed by atoms with E-state index in [0.717, 1.165) is 44.9 Å². The van der Waals surface area contributed by atoms with Gasteiger partial charge in [0.15, 0.2) is 0 Å². The standard InChI is InChI=1S/C26H40O7/c1-14(27)32-17-10-11-25(3)16(12-17)6-7-18-19-8-9-20(23(24(30)31-5)33-15(2)28)26(19,4)13-21(29)22(18)25/h16-23,29H,6-13H2,1-5H3/t16-,17-,18+,19-,20+,21+,22+,23-,25+,26+/m1/s1. The average molecular weight is 465 g/mol. The Balaban J connectivity index is 1.58. The molecule has 10 atom stereocenters. The second-order valence-electron chi connectivity index (χ2n) is 11.6. The van der Waals surface area contributed by atoms with Crippen LogP contribution in [-0.2, 0) is 28.6 Å². The van der Waals surface area contributed by atoms with Gasteiger partial charge in [-0.3, -0.25) is 9.59 Å². The van der Waals surface area contributed by atoms with Gasteiger partial charge in [0.1, 0.15) is 6.10 Å². The van der Waals surface area contributed by atoms with Crippen LogP contribution in [0.3, 0.4) is 0 Å². The Morgan fingerprint density at radius 3 is 2.33 bits per heavy atom. The van der Waals surface area contributed by atoms with Crippen LogP contribution in [-0.4, -0.2) is 48.4 Å². The monoisotopic (exact) mass is 464 g/mol. The third kappa shape index (κ3) is 4.08. The molecule has 4 rings (SSSR count). The van der Waals surface area contributed by atoms with E-state index in [4.69, 9.17) is 14.2 Å². The predicted molar refractivity (Wildman–Crippen MR) is 120 cm³/mol. The highest BCUT2D eigenvalue weighted by Crippen LogP contribution is 2.68. The molecule has 1 N–H and O–H groups in total. The molecule has 0 aromatic carbocycles. The quantitative estimate of drug-likeness (QED) is 0.501. The maximum Gasteiger partial charge on any atom is 0.347 e. The summed E-state index contributed by atoms with van der Waals surface area (Å²) in [6.45, 7) is 7.32. The van der Waals surface area contributed by atoms with Gasteiger partial charge in [0.2, 0.25) is 6.10 Å². The molecule has 0 aliphatic heterocycles. The fourth-order valence-electron chi connectivity index (χ4n) is 8.81. The van der Waals surface area contributed by atoms with Crippen molar-refractivity contribution in [1.29, 1.82) is 0 Å². The van der Waals surface area contributed by atoms with Crippen molar-refractivity contribution in [3.63, 3.8) is 0 Å². The average Bonchev–Trinajstić information content (AvgIpc) is 3.07. The fraction of sp³-hybridized carbons (Fsp3) is 0.885. The summed E-state index contributed by atoms with van der Waals surface area (Å²) >= 11 is 0. The zero-order chi connectivity index (χ0) is 24.1. The first-order chi connectivity index (χ1) is 15.5. The van der Waals surface area contributed by atoms with Crippen molar-refractivity contribution in [2.24, 2.45) is 40.4 Å². The molecule has 0 spiro atoms. The lowest BCUT2D eigenvalue weighted by Crippen LogP contribution is -2.60. The largest absolute Gasteiger partial charge is 0.466 e. The molecule has 7 nitrogen and oxygen atoms in total. The Kier molecular flexibility index (Phi) is 6.58. The van der Waals surface area contributed by atoms with Crippen molar-refractivity contribution < 1.29 is 33.7 Å². The molecule has 0 bridgehead atoms. The van der Waals surface area contributed by atoms with E-state index in [1.807, 2.05) is 0 Å². The van der Waals surface area contributed by atoms with Crippen LogP contribution in [0.2, 0.25) is 0 Å². The number of rotatable bonds is 4. The molecule has 4 fully saturated rings. The maximum absolute atomic E-state index is 12.6. The molecule has 186 valence electrons. The van der Waals surface area contributed by atoms with Crippen molar-refractivity contribution >= 4 is 17.9 Å². The van der Waals surface area contributed by atoms with Crippen LogP contribution in [0.4, 0.5) is 0 Å². The lowest BCUT2D eigenvalue weighted by molar-refractivity contribution is -0.194. The van der Waals surface area contributed by atoms with Crippen molar-refractivity contribution in [1.82, 2.24) is 0 Å². The van der Waals surface area contributed by atoms with Gasteiger partial charge in [-0.15, -0.1) is 0 Å². The molecule has 0 unspecified atom stereocenters. The van der Waals surface area contributed by atoms with E-state index >= 15 is 0 Å². The lowest BCUT2D eigenvalue weighted by atomic mass is 9.43. The van der Waals surface area contributed by atoms with Crippen LogP contribution in [0.5, 0.6) is 0 Å². The first-order valence-corrected chi connectivity index (χ1v) is 12.6. The summed E-state index contributed by atoms with van der Waals surface area (Å²) in [5.74, 6) is 0.0508. The number of methoxy groups -OCH3 is 1. The van der Waals surface area contributed by atoms with E-state index in [1.165, 1.54) is 21.0 Å². The highest BCUT2D eigenvalue weighted by atomic mass is 16.6. The summed E-state index contributed by atoms with van der Waals surface area (Å²) in [6.07, 6.45) is 5.78. The molecule has 0 amide bonds. The Bertz CT molecular complexity index is 796. The number of ether oxygens (including phenoxy) is 3. The third-order valence-corrected chi connectivity index (χ3v) is 10.0. The molecule has 33 heavy (non-hydrogen) atoms. The van der Waals surface area contributed by atoms with Crippen molar-refractivity contribution in [3.8, 4) is 0 Å². The summed E-state index contributed by atoms with van der Waals surface area (Å²) in [5, 5.41) is 11.6. The van der Waals surface area contributed by atoms with Gasteiger partial charge in [-0.2, -0.15) is 0 Å². The maximum atomic E-state index is 12.6. The predicted octanol–water partition coefficient (Wildman–Crippen LogP) is 3.65. The van der Waals surface area contributed by atoms with Gasteiger partial charge in [-0.05, 0) is 85.9 Å². The highest BCUT2D eigenvalue weighted by molar-refractivity contribution is 5.79. The summed E-state index contributed by atoms with van der Waals surface area (Å²) < 4.78 is 16.0. The molecule has 0 aromatic rings. The van der Waals surface area contributed by atoms with E-state index in [2.05, 4.69) is 13.8 Å². The van der Waals surface area contributed by atoms with E-state index in [9.17, 15) is 19.5 Å². The van der Waals surface area contributed by atoms with Gasteiger partial charge in [0.05, 0.1) is 13.2 Å². The number of aliphatic hydroxyl groups excluding tert-OH is 1. The smallest absolute Gasteiger partial charge is 0.347 e. The molecule has 0 radical (unpaired) electrons. The molecule has 0 heterocycles. The van der Waals surface area contributed by atoms with Crippen molar-refractivity contribution in [2.75, 3.05) is 7.11 Å². The number of esters is 3. The number of hydrogen-bond donors (Lipinski definition) is 1. The van der Waals surface area contributed by atoms with Crippen molar-refractivity contribution in [2.45, 2.75) is 97.4 Å². The van der Waals surface area contributed by atoms with Gasteiger partial charge in [0.25, 0.3) is 0 Å². The molecule has 4 saturated carbocycles. The summed E-state index contributed by atoms with van der Waals surface area (Å²) in [5.41, 5.74) is -0.261. The normalized spacial score (nSPS) is 45.1. The summed E-state index contributed by atoms with van der Waals surface area (Å²) in [6, 6.07) is 0. The SMILES string of the molecule is COC(=O)[C@H](OC(C)=O)[C@@H]1CC[C@@H]2[C@@H]3CC[C@@H]4C[C@H](OC(C)=O)CC[C@]4(C)[C@@H]3[C@@H](O)C[C@@]21C. The number of carbonyl (C=O) groups excluding carboxylic acids is 3. The van der Waals surface area contributed by atoms with E-state index in [1.54, 1.807) is 0 Å². The molecule has 0 aromatic heterocycles. The first kappa shape index (κ1) is 24.5. The first-order valence-electron chi connectivity index (χ1n) is 12.6. The van der Waals surface area contributed by atoms with Gasteiger partial charge in [-0.25, -0.2) is 4.79 Å². The molecular formula is C26H40O7. The lowest BCUT2D eigenvalue weighted by Gasteiger charge is -2.62. The van der Waals surface area contributed by atoms with E-state index in [-0.39, 0.29) is 34.7 Å². The van der Waals surface area contributed by atoms with Crippen LogP contribution >= 0.6 is 0 Å². The minimum absolute atomic E-state index is 0.0106. The highest BCUT2D eigenvalue weighted by Gasteiger charge is 2.65. The Morgan fingerprint density at radius 1 is 0.970 bits per heavy atom. The van der Waals surface area contributed by atoms with Crippen LogP contribution in [0.25, 0.3) is 0 Å².